The summed E-state index contributed by atoms with van der Waals surface area (Å²) in [6, 6.07) is 0. The Morgan fingerprint density at radius 1 is 1.19 bits per heavy atom. The minimum absolute atomic E-state index is 0.0916. The van der Waals surface area contributed by atoms with E-state index in [9.17, 15) is 4.79 Å². The lowest BCUT2D eigenvalue weighted by Gasteiger charge is -2.25. The summed E-state index contributed by atoms with van der Waals surface area (Å²) in [6.45, 7) is 2.94. The van der Waals surface area contributed by atoms with Gasteiger partial charge in [0.05, 0.1) is 0 Å². The van der Waals surface area contributed by atoms with Crippen molar-refractivity contribution >= 4 is 5.91 Å². The molecule has 1 rings (SSSR count). The summed E-state index contributed by atoms with van der Waals surface area (Å²) in [5, 5.41) is 3.18. The molecule has 16 heavy (non-hydrogen) atoms. The second-order valence-corrected chi connectivity index (χ2v) is 5.27. The molecule has 0 aromatic carbocycles. The molecule has 1 amide bonds. The lowest BCUT2D eigenvalue weighted by atomic mass is 10.0. The van der Waals surface area contributed by atoms with E-state index in [1.807, 2.05) is 0 Å². The molecule has 0 atom stereocenters. The molecule has 94 valence electrons. The lowest BCUT2D eigenvalue weighted by molar-refractivity contribution is -0.122. The maximum atomic E-state index is 11.7. The van der Waals surface area contributed by atoms with Crippen LogP contribution < -0.4 is 11.1 Å². The fraction of sp³-hybridized carbons (Fsp3) is 0.923. The number of rotatable bonds is 7. The molecule has 3 nitrogen and oxygen atoms in total. The van der Waals surface area contributed by atoms with Crippen molar-refractivity contribution in [2.24, 2.45) is 5.73 Å². The third-order valence-electron chi connectivity index (χ3n) is 3.51. The van der Waals surface area contributed by atoms with Gasteiger partial charge in [0.25, 0.3) is 0 Å². The Morgan fingerprint density at radius 2 is 1.81 bits per heavy atom. The highest BCUT2D eigenvalue weighted by atomic mass is 16.1. The Kier molecular flexibility index (Phi) is 5.81. The minimum Gasteiger partial charge on any atom is -0.351 e. The van der Waals surface area contributed by atoms with Gasteiger partial charge in [-0.2, -0.15) is 0 Å². The normalized spacial score (nSPS) is 18.6. The second-order valence-electron chi connectivity index (χ2n) is 5.27. The van der Waals surface area contributed by atoms with Gasteiger partial charge < -0.3 is 11.1 Å². The van der Waals surface area contributed by atoms with Gasteiger partial charge in [-0.05, 0) is 39.2 Å². The average Bonchev–Trinajstić information content (AvgIpc) is 2.64. The van der Waals surface area contributed by atoms with E-state index in [0.717, 1.165) is 45.1 Å². The van der Waals surface area contributed by atoms with Gasteiger partial charge in [-0.25, -0.2) is 0 Å². The van der Waals surface area contributed by atoms with Crippen LogP contribution in [0.4, 0.5) is 0 Å². The first kappa shape index (κ1) is 13.5. The summed E-state index contributed by atoms with van der Waals surface area (Å²) < 4.78 is 0. The zero-order valence-corrected chi connectivity index (χ0v) is 10.6. The quantitative estimate of drug-likeness (QED) is 0.655. The highest BCUT2D eigenvalue weighted by Gasteiger charge is 2.29. The number of carbonyl (C=O) groups excluding carboxylic acids is 1. The van der Waals surface area contributed by atoms with E-state index in [1.165, 1.54) is 12.8 Å². The first-order valence-corrected chi connectivity index (χ1v) is 6.67. The molecule has 3 N–H and O–H groups in total. The van der Waals surface area contributed by atoms with Gasteiger partial charge in [0.2, 0.25) is 5.91 Å². The minimum atomic E-state index is 0.0916. The van der Waals surface area contributed by atoms with Gasteiger partial charge in [0.15, 0.2) is 0 Å². The van der Waals surface area contributed by atoms with Gasteiger partial charge in [-0.3, -0.25) is 4.79 Å². The summed E-state index contributed by atoms with van der Waals surface area (Å²) in [6.07, 6.45) is 9.85. The van der Waals surface area contributed by atoms with Crippen molar-refractivity contribution in [1.82, 2.24) is 5.32 Å². The van der Waals surface area contributed by atoms with Crippen LogP contribution in [0.25, 0.3) is 0 Å². The maximum absolute atomic E-state index is 11.7. The summed E-state index contributed by atoms with van der Waals surface area (Å²) >= 11 is 0. The molecule has 0 bridgehead atoms. The first-order chi connectivity index (χ1) is 7.66. The molecule has 1 fully saturated rings. The smallest absolute Gasteiger partial charge is 0.220 e. The Bertz CT molecular complexity index is 210. The summed E-state index contributed by atoms with van der Waals surface area (Å²) in [7, 11) is 0. The number of hydrogen-bond acceptors (Lipinski definition) is 2. The van der Waals surface area contributed by atoms with E-state index in [0.29, 0.717) is 6.42 Å². The first-order valence-electron chi connectivity index (χ1n) is 6.67. The molecule has 0 heterocycles. The van der Waals surface area contributed by atoms with E-state index < -0.39 is 0 Å². The van der Waals surface area contributed by atoms with E-state index >= 15 is 0 Å². The zero-order chi connectivity index (χ0) is 11.9. The van der Waals surface area contributed by atoms with Crippen LogP contribution in [0.5, 0.6) is 0 Å². The van der Waals surface area contributed by atoms with Crippen LogP contribution in [-0.4, -0.2) is 18.0 Å². The van der Waals surface area contributed by atoms with Gasteiger partial charge in [-0.15, -0.1) is 0 Å². The van der Waals surface area contributed by atoms with Crippen LogP contribution in [-0.2, 0) is 4.79 Å². The lowest BCUT2D eigenvalue weighted by Crippen LogP contribution is -2.43. The van der Waals surface area contributed by atoms with Crippen molar-refractivity contribution in [3.63, 3.8) is 0 Å². The Balaban J connectivity index is 2.06. The van der Waals surface area contributed by atoms with E-state index in [1.54, 1.807) is 0 Å². The predicted molar refractivity (Wildman–Crippen MR) is 67.2 cm³/mol. The van der Waals surface area contributed by atoms with Crippen LogP contribution >= 0.6 is 0 Å². The molecule has 0 unspecified atom stereocenters. The molecule has 1 aliphatic rings. The summed E-state index contributed by atoms with van der Waals surface area (Å²) in [5.41, 5.74) is 5.51. The zero-order valence-electron chi connectivity index (χ0n) is 10.6. The molecule has 0 aromatic rings. The van der Waals surface area contributed by atoms with Crippen LogP contribution in [0.15, 0.2) is 0 Å². The van der Waals surface area contributed by atoms with Crippen molar-refractivity contribution in [2.75, 3.05) is 6.54 Å². The molecule has 1 saturated carbocycles. The topological polar surface area (TPSA) is 55.1 Å². The van der Waals surface area contributed by atoms with Crippen LogP contribution in [0.1, 0.15) is 64.7 Å². The number of carbonyl (C=O) groups is 1. The summed E-state index contributed by atoms with van der Waals surface area (Å²) in [4.78, 5) is 11.7. The van der Waals surface area contributed by atoms with E-state index in [-0.39, 0.29) is 11.4 Å². The Morgan fingerprint density at radius 3 is 2.44 bits per heavy atom. The van der Waals surface area contributed by atoms with Crippen LogP contribution in [0.2, 0.25) is 0 Å². The molecule has 1 aliphatic carbocycles. The number of nitrogens with two attached hydrogens (primary N) is 1. The molecule has 0 aliphatic heterocycles. The Labute approximate surface area is 99.2 Å². The van der Waals surface area contributed by atoms with Gasteiger partial charge in [0.1, 0.15) is 0 Å². The SMILES string of the molecule is CC1(NC(=O)CCCCCCN)CCCC1. The fourth-order valence-electron chi connectivity index (χ4n) is 2.46. The monoisotopic (exact) mass is 226 g/mol. The summed E-state index contributed by atoms with van der Waals surface area (Å²) in [5.74, 6) is 0.233. The number of amides is 1. The third kappa shape index (κ3) is 4.97. The highest BCUT2D eigenvalue weighted by Crippen LogP contribution is 2.28. The van der Waals surface area contributed by atoms with E-state index in [2.05, 4.69) is 12.2 Å². The number of unbranched alkanes of at least 4 members (excludes halogenated alkanes) is 3. The standard InChI is InChI=1S/C13H26N2O/c1-13(9-5-6-10-13)15-12(16)8-4-2-3-7-11-14/h2-11,14H2,1H3,(H,15,16). The van der Waals surface area contributed by atoms with Crippen molar-refractivity contribution in [3.05, 3.63) is 0 Å². The van der Waals surface area contributed by atoms with Crippen molar-refractivity contribution in [2.45, 2.75) is 70.3 Å². The number of nitrogens with one attached hydrogen (secondary N) is 1. The van der Waals surface area contributed by atoms with Crippen molar-refractivity contribution in [1.29, 1.82) is 0 Å². The second kappa shape index (κ2) is 6.89. The average molecular weight is 226 g/mol. The molecule has 0 aromatic heterocycles. The van der Waals surface area contributed by atoms with Crippen molar-refractivity contribution < 1.29 is 4.79 Å². The predicted octanol–water partition coefficient (Wildman–Crippen LogP) is 2.34. The third-order valence-corrected chi connectivity index (χ3v) is 3.51. The van der Waals surface area contributed by atoms with Gasteiger partial charge in [-0.1, -0.05) is 25.7 Å². The number of hydrogen-bond donors (Lipinski definition) is 2. The van der Waals surface area contributed by atoms with E-state index in [4.69, 9.17) is 5.73 Å². The van der Waals surface area contributed by atoms with Gasteiger partial charge in [0, 0.05) is 12.0 Å². The Hall–Kier alpha value is -0.570. The van der Waals surface area contributed by atoms with Crippen molar-refractivity contribution in [3.8, 4) is 0 Å². The molecule has 0 spiro atoms. The van der Waals surface area contributed by atoms with Gasteiger partial charge >= 0.3 is 0 Å². The molecule has 0 saturated heterocycles. The highest BCUT2D eigenvalue weighted by molar-refractivity contribution is 5.76. The maximum Gasteiger partial charge on any atom is 0.220 e. The molecule has 0 radical (unpaired) electrons. The fourth-order valence-corrected chi connectivity index (χ4v) is 2.46. The van der Waals surface area contributed by atoms with Crippen LogP contribution in [0.3, 0.4) is 0 Å². The van der Waals surface area contributed by atoms with Crippen LogP contribution in [0, 0.1) is 0 Å². The molecular weight excluding hydrogens is 200 g/mol. The largest absolute Gasteiger partial charge is 0.351 e. The molecule has 3 heteroatoms. The molecular formula is C13H26N2O.